The second-order valence-electron chi connectivity index (χ2n) is 3.10. The average Bonchev–Trinajstić information content (AvgIpc) is 2.76. The van der Waals surface area contributed by atoms with Gasteiger partial charge in [-0.3, -0.25) is 4.90 Å². The summed E-state index contributed by atoms with van der Waals surface area (Å²) in [5, 5.41) is 5.55. The normalized spacial score (nSPS) is 16.7. The Hall–Kier alpha value is -0.380. The van der Waals surface area contributed by atoms with Crippen LogP contribution < -0.4 is 5.32 Å². The standard InChI is InChI=1S/C9H14N2S/c1-2-9(12-7-1)8-10-3-4-11-5-6-11/h1-2,7,10H,3-6,8H2. The fourth-order valence-electron chi connectivity index (χ4n) is 1.16. The van der Waals surface area contributed by atoms with Gasteiger partial charge < -0.3 is 5.32 Å². The van der Waals surface area contributed by atoms with Crippen LogP contribution in [0.2, 0.25) is 0 Å². The first kappa shape index (κ1) is 8.23. The lowest BCUT2D eigenvalue weighted by molar-refractivity contribution is 0.523. The van der Waals surface area contributed by atoms with Gasteiger partial charge >= 0.3 is 0 Å². The second kappa shape index (κ2) is 4.03. The maximum Gasteiger partial charge on any atom is 0.0300 e. The number of nitrogens with zero attached hydrogens (tertiary/aromatic N) is 1. The zero-order valence-electron chi connectivity index (χ0n) is 7.12. The van der Waals surface area contributed by atoms with Gasteiger partial charge in [0.15, 0.2) is 0 Å². The van der Waals surface area contributed by atoms with E-state index in [2.05, 4.69) is 27.7 Å². The molecule has 1 N–H and O–H groups in total. The van der Waals surface area contributed by atoms with Crippen LogP contribution in [0.15, 0.2) is 17.5 Å². The maximum absolute atomic E-state index is 3.43. The van der Waals surface area contributed by atoms with Crippen LogP contribution in [-0.2, 0) is 6.54 Å². The van der Waals surface area contributed by atoms with Crippen molar-refractivity contribution in [2.45, 2.75) is 6.54 Å². The van der Waals surface area contributed by atoms with Gasteiger partial charge in [-0.2, -0.15) is 0 Å². The molecule has 66 valence electrons. The van der Waals surface area contributed by atoms with E-state index in [1.165, 1.54) is 24.5 Å². The third-order valence-electron chi connectivity index (χ3n) is 2.02. The summed E-state index contributed by atoms with van der Waals surface area (Å²) in [4.78, 5) is 3.86. The molecule has 1 aliphatic rings. The molecule has 3 heteroatoms. The number of hydrogen-bond acceptors (Lipinski definition) is 3. The van der Waals surface area contributed by atoms with Crippen LogP contribution in [0.3, 0.4) is 0 Å². The third kappa shape index (κ3) is 2.59. The molecule has 0 aliphatic carbocycles. The Kier molecular flexibility index (Phi) is 2.76. The largest absolute Gasteiger partial charge is 0.311 e. The molecule has 2 nitrogen and oxygen atoms in total. The Bertz CT molecular complexity index is 216. The van der Waals surface area contributed by atoms with E-state index in [0.717, 1.165) is 13.1 Å². The van der Waals surface area contributed by atoms with Crippen molar-refractivity contribution in [3.8, 4) is 0 Å². The van der Waals surface area contributed by atoms with E-state index in [1.807, 2.05) is 11.3 Å². The Morgan fingerprint density at radius 2 is 2.42 bits per heavy atom. The topological polar surface area (TPSA) is 15.0 Å². The van der Waals surface area contributed by atoms with Gasteiger partial charge in [0.25, 0.3) is 0 Å². The molecule has 1 aromatic heterocycles. The van der Waals surface area contributed by atoms with E-state index < -0.39 is 0 Å². The van der Waals surface area contributed by atoms with E-state index in [1.54, 1.807) is 0 Å². The second-order valence-corrected chi connectivity index (χ2v) is 4.13. The summed E-state index contributed by atoms with van der Waals surface area (Å²) in [5.41, 5.74) is 0. The minimum Gasteiger partial charge on any atom is -0.311 e. The fraction of sp³-hybridized carbons (Fsp3) is 0.556. The highest BCUT2D eigenvalue weighted by Gasteiger charge is 2.15. The molecule has 2 heterocycles. The van der Waals surface area contributed by atoms with Crippen LogP contribution in [0.25, 0.3) is 0 Å². The summed E-state index contributed by atoms with van der Waals surface area (Å²) >= 11 is 1.82. The molecule has 0 unspecified atom stereocenters. The summed E-state index contributed by atoms with van der Waals surface area (Å²) in [7, 11) is 0. The van der Waals surface area contributed by atoms with Crippen molar-refractivity contribution in [3.63, 3.8) is 0 Å². The number of rotatable bonds is 5. The van der Waals surface area contributed by atoms with Gasteiger partial charge in [-0.05, 0) is 11.4 Å². The lowest BCUT2D eigenvalue weighted by Crippen LogP contribution is -2.20. The molecular formula is C9H14N2S. The molecule has 0 atom stereocenters. The van der Waals surface area contributed by atoms with Crippen molar-refractivity contribution in [2.75, 3.05) is 26.2 Å². The van der Waals surface area contributed by atoms with Gasteiger partial charge in [-0.25, -0.2) is 0 Å². The molecular weight excluding hydrogens is 168 g/mol. The van der Waals surface area contributed by atoms with E-state index in [0.29, 0.717) is 0 Å². The van der Waals surface area contributed by atoms with E-state index in [9.17, 15) is 0 Å². The van der Waals surface area contributed by atoms with Crippen LogP contribution in [0.1, 0.15) is 4.88 Å². The molecule has 0 radical (unpaired) electrons. The van der Waals surface area contributed by atoms with Crippen LogP contribution in [0.5, 0.6) is 0 Å². The van der Waals surface area contributed by atoms with Crippen molar-refractivity contribution in [2.24, 2.45) is 0 Å². The Balaban J connectivity index is 1.56. The lowest BCUT2D eigenvalue weighted by atomic mass is 10.4. The monoisotopic (exact) mass is 182 g/mol. The highest BCUT2D eigenvalue weighted by molar-refractivity contribution is 7.09. The summed E-state index contributed by atoms with van der Waals surface area (Å²) in [6.07, 6.45) is 0. The molecule has 0 aromatic carbocycles. The molecule has 1 aliphatic heterocycles. The fourth-order valence-corrected chi connectivity index (χ4v) is 1.83. The summed E-state index contributed by atoms with van der Waals surface area (Å²) < 4.78 is 0. The zero-order chi connectivity index (χ0) is 8.23. The Morgan fingerprint density at radius 1 is 1.50 bits per heavy atom. The smallest absolute Gasteiger partial charge is 0.0300 e. The molecule has 0 amide bonds. The van der Waals surface area contributed by atoms with Gasteiger partial charge in [-0.15, -0.1) is 11.3 Å². The van der Waals surface area contributed by atoms with E-state index >= 15 is 0 Å². The lowest BCUT2D eigenvalue weighted by Gasteiger charge is -2.02. The molecule has 0 spiro atoms. The first-order valence-electron chi connectivity index (χ1n) is 4.40. The predicted octanol–water partition coefficient (Wildman–Crippen LogP) is 1.15. The van der Waals surface area contributed by atoms with Gasteiger partial charge in [-0.1, -0.05) is 6.07 Å². The molecule has 12 heavy (non-hydrogen) atoms. The van der Waals surface area contributed by atoms with Gasteiger partial charge in [0.05, 0.1) is 0 Å². The summed E-state index contributed by atoms with van der Waals surface area (Å²) in [5.74, 6) is 0. The van der Waals surface area contributed by atoms with E-state index in [-0.39, 0.29) is 0 Å². The number of nitrogens with one attached hydrogen (secondary N) is 1. The van der Waals surface area contributed by atoms with Gasteiger partial charge in [0.2, 0.25) is 0 Å². The van der Waals surface area contributed by atoms with Crippen molar-refractivity contribution in [3.05, 3.63) is 22.4 Å². The SMILES string of the molecule is c1csc(CNCCN2CC2)c1. The highest BCUT2D eigenvalue weighted by atomic mass is 32.1. The first-order chi connectivity index (χ1) is 5.95. The summed E-state index contributed by atoms with van der Waals surface area (Å²) in [6, 6.07) is 4.28. The van der Waals surface area contributed by atoms with Crippen molar-refractivity contribution < 1.29 is 0 Å². The van der Waals surface area contributed by atoms with Gasteiger partial charge in [0.1, 0.15) is 0 Å². The molecule has 1 saturated heterocycles. The minimum absolute atomic E-state index is 1.03. The quantitative estimate of drug-likeness (QED) is 0.543. The zero-order valence-corrected chi connectivity index (χ0v) is 7.94. The van der Waals surface area contributed by atoms with Crippen molar-refractivity contribution in [1.82, 2.24) is 10.2 Å². The molecule has 2 rings (SSSR count). The first-order valence-corrected chi connectivity index (χ1v) is 5.28. The van der Waals surface area contributed by atoms with Crippen LogP contribution in [0.4, 0.5) is 0 Å². The molecule has 1 aromatic rings. The van der Waals surface area contributed by atoms with Crippen LogP contribution >= 0.6 is 11.3 Å². The predicted molar refractivity (Wildman–Crippen MR) is 52.5 cm³/mol. The molecule has 1 fully saturated rings. The average molecular weight is 182 g/mol. The number of hydrogen-bond donors (Lipinski definition) is 1. The Morgan fingerprint density at radius 3 is 3.08 bits per heavy atom. The van der Waals surface area contributed by atoms with Crippen molar-refractivity contribution >= 4 is 11.3 Å². The van der Waals surface area contributed by atoms with Crippen LogP contribution in [0, 0.1) is 0 Å². The molecule has 0 saturated carbocycles. The van der Waals surface area contributed by atoms with Crippen LogP contribution in [-0.4, -0.2) is 31.1 Å². The number of thiophene rings is 1. The summed E-state index contributed by atoms with van der Waals surface area (Å²) in [6.45, 7) is 5.98. The maximum atomic E-state index is 3.43. The Labute approximate surface area is 77.2 Å². The highest BCUT2D eigenvalue weighted by Crippen LogP contribution is 2.07. The van der Waals surface area contributed by atoms with E-state index in [4.69, 9.17) is 0 Å². The third-order valence-corrected chi connectivity index (χ3v) is 2.90. The van der Waals surface area contributed by atoms with Gasteiger partial charge in [0, 0.05) is 37.6 Å². The molecule has 0 bridgehead atoms. The minimum atomic E-state index is 1.03. The van der Waals surface area contributed by atoms with Crippen molar-refractivity contribution in [1.29, 1.82) is 0 Å².